The van der Waals surface area contributed by atoms with Crippen molar-refractivity contribution >= 4 is 11.8 Å². The number of rotatable bonds is 5. The van der Waals surface area contributed by atoms with Crippen LogP contribution in [0, 0.1) is 0 Å². The fourth-order valence-corrected chi connectivity index (χ4v) is 1.28. The first kappa shape index (κ1) is 11.4. The number of nitrogens with zero attached hydrogens (tertiary/aromatic N) is 3. The summed E-state index contributed by atoms with van der Waals surface area (Å²) >= 11 is 0. The van der Waals surface area contributed by atoms with Crippen LogP contribution in [0.5, 0.6) is 0 Å². The molecule has 1 unspecified atom stereocenters. The molecule has 0 amide bonds. The Balaban J connectivity index is 2.86. The first-order chi connectivity index (χ1) is 7.15. The summed E-state index contributed by atoms with van der Waals surface area (Å²) in [5.74, 6) is -0.254. The fourth-order valence-electron chi connectivity index (χ4n) is 1.28. The van der Waals surface area contributed by atoms with E-state index in [0.717, 1.165) is 6.42 Å². The minimum absolute atomic E-state index is 0.0479. The van der Waals surface area contributed by atoms with Crippen LogP contribution in [0.3, 0.4) is 0 Å². The van der Waals surface area contributed by atoms with Crippen LogP contribution < -0.4 is 4.90 Å². The number of hydrogen-bond acceptors (Lipinski definition) is 4. The van der Waals surface area contributed by atoms with Gasteiger partial charge in [0.2, 0.25) is 0 Å². The standard InChI is InChI=1S/C10H15N3O2/c1-3-8(2)13(7-10(14)15)9-5-4-6-11-12-9/h4-6,8H,3,7H2,1-2H3,(H,14,15). The van der Waals surface area contributed by atoms with Crippen molar-refractivity contribution in [1.82, 2.24) is 10.2 Å². The molecule has 1 aromatic heterocycles. The van der Waals surface area contributed by atoms with E-state index in [1.165, 1.54) is 0 Å². The molecular formula is C10H15N3O2. The zero-order chi connectivity index (χ0) is 11.3. The Kier molecular flexibility index (Phi) is 4.03. The van der Waals surface area contributed by atoms with Crippen LogP contribution in [0.25, 0.3) is 0 Å². The second-order valence-electron chi connectivity index (χ2n) is 3.36. The fraction of sp³-hybridized carbons (Fsp3) is 0.500. The smallest absolute Gasteiger partial charge is 0.323 e. The topological polar surface area (TPSA) is 66.3 Å². The highest BCUT2D eigenvalue weighted by molar-refractivity contribution is 5.73. The first-order valence-electron chi connectivity index (χ1n) is 4.91. The molecule has 1 heterocycles. The van der Waals surface area contributed by atoms with E-state index in [2.05, 4.69) is 10.2 Å². The highest BCUT2D eigenvalue weighted by Crippen LogP contribution is 2.13. The molecule has 1 rings (SSSR count). The molecule has 82 valence electrons. The van der Waals surface area contributed by atoms with Crippen LogP contribution in [0.15, 0.2) is 18.3 Å². The molecule has 0 aliphatic carbocycles. The zero-order valence-electron chi connectivity index (χ0n) is 8.92. The number of anilines is 1. The molecule has 0 saturated carbocycles. The maximum Gasteiger partial charge on any atom is 0.323 e. The van der Waals surface area contributed by atoms with E-state index in [1.54, 1.807) is 23.2 Å². The molecule has 0 radical (unpaired) electrons. The van der Waals surface area contributed by atoms with E-state index >= 15 is 0 Å². The van der Waals surface area contributed by atoms with Crippen LogP contribution in [-0.2, 0) is 4.79 Å². The van der Waals surface area contributed by atoms with Gasteiger partial charge in [-0.15, -0.1) is 5.10 Å². The number of carboxylic acid groups (broad SMARTS) is 1. The third-order valence-electron chi connectivity index (χ3n) is 2.28. The molecular weight excluding hydrogens is 194 g/mol. The average Bonchev–Trinajstić information content (AvgIpc) is 2.26. The van der Waals surface area contributed by atoms with Gasteiger partial charge >= 0.3 is 5.97 Å². The normalized spacial score (nSPS) is 12.1. The van der Waals surface area contributed by atoms with Gasteiger partial charge in [0.05, 0.1) is 0 Å². The summed E-state index contributed by atoms with van der Waals surface area (Å²) < 4.78 is 0. The van der Waals surface area contributed by atoms with Gasteiger partial charge in [-0.3, -0.25) is 4.79 Å². The van der Waals surface area contributed by atoms with Gasteiger partial charge in [-0.2, -0.15) is 5.10 Å². The van der Waals surface area contributed by atoms with E-state index in [9.17, 15) is 4.79 Å². The minimum atomic E-state index is -0.860. The Labute approximate surface area is 88.7 Å². The summed E-state index contributed by atoms with van der Waals surface area (Å²) in [6.45, 7) is 3.93. The van der Waals surface area contributed by atoms with Gasteiger partial charge in [0.25, 0.3) is 0 Å². The van der Waals surface area contributed by atoms with E-state index in [4.69, 9.17) is 5.11 Å². The van der Waals surface area contributed by atoms with Gasteiger partial charge in [-0.05, 0) is 25.5 Å². The van der Waals surface area contributed by atoms with Crippen LogP contribution in [0.2, 0.25) is 0 Å². The summed E-state index contributed by atoms with van der Waals surface area (Å²) in [6.07, 6.45) is 2.43. The lowest BCUT2D eigenvalue weighted by Gasteiger charge is -2.27. The largest absolute Gasteiger partial charge is 0.480 e. The molecule has 0 saturated heterocycles. The van der Waals surface area contributed by atoms with Crippen molar-refractivity contribution in [3.8, 4) is 0 Å². The van der Waals surface area contributed by atoms with Gasteiger partial charge in [0.15, 0.2) is 5.82 Å². The molecule has 5 nitrogen and oxygen atoms in total. The number of carbonyl (C=O) groups is 1. The number of hydrogen-bond donors (Lipinski definition) is 1. The monoisotopic (exact) mass is 209 g/mol. The molecule has 1 aromatic rings. The van der Waals surface area contributed by atoms with Crippen molar-refractivity contribution in [2.24, 2.45) is 0 Å². The Morgan fingerprint density at radius 1 is 1.67 bits per heavy atom. The summed E-state index contributed by atoms with van der Waals surface area (Å²) in [5, 5.41) is 16.5. The van der Waals surface area contributed by atoms with Crippen molar-refractivity contribution in [3.05, 3.63) is 18.3 Å². The maximum absolute atomic E-state index is 10.7. The van der Waals surface area contributed by atoms with E-state index in [1.807, 2.05) is 13.8 Å². The summed E-state index contributed by atoms with van der Waals surface area (Å²) in [6, 6.07) is 3.65. The van der Waals surface area contributed by atoms with E-state index in [0.29, 0.717) is 5.82 Å². The second kappa shape index (κ2) is 5.29. The molecule has 0 aliphatic rings. The molecule has 5 heteroatoms. The Morgan fingerprint density at radius 2 is 2.40 bits per heavy atom. The van der Waals surface area contributed by atoms with Crippen molar-refractivity contribution in [3.63, 3.8) is 0 Å². The van der Waals surface area contributed by atoms with Crippen molar-refractivity contribution in [1.29, 1.82) is 0 Å². The molecule has 15 heavy (non-hydrogen) atoms. The van der Waals surface area contributed by atoms with Crippen LogP contribution in [-0.4, -0.2) is 33.9 Å². The third kappa shape index (κ3) is 3.19. The van der Waals surface area contributed by atoms with Crippen LogP contribution >= 0.6 is 0 Å². The van der Waals surface area contributed by atoms with Crippen LogP contribution in [0.4, 0.5) is 5.82 Å². The average molecular weight is 209 g/mol. The van der Waals surface area contributed by atoms with E-state index < -0.39 is 5.97 Å². The Bertz CT molecular complexity index is 316. The molecule has 0 fully saturated rings. The number of carboxylic acids is 1. The molecule has 1 atom stereocenters. The second-order valence-corrected chi connectivity index (χ2v) is 3.36. The van der Waals surface area contributed by atoms with Gasteiger partial charge in [-0.25, -0.2) is 0 Å². The highest BCUT2D eigenvalue weighted by Gasteiger charge is 2.17. The third-order valence-corrected chi connectivity index (χ3v) is 2.28. The van der Waals surface area contributed by atoms with E-state index in [-0.39, 0.29) is 12.6 Å². The Hall–Kier alpha value is -1.65. The van der Waals surface area contributed by atoms with Crippen molar-refractivity contribution < 1.29 is 9.90 Å². The van der Waals surface area contributed by atoms with Crippen molar-refractivity contribution in [2.45, 2.75) is 26.3 Å². The number of aliphatic carboxylic acids is 1. The quantitative estimate of drug-likeness (QED) is 0.788. The SMILES string of the molecule is CCC(C)N(CC(=O)O)c1cccnn1. The first-order valence-corrected chi connectivity index (χ1v) is 4.91. The van der Waals surface area contributed by atoms with Gasteiger partial charge < -0.3 is 10.0 Å². The predicted octanol–water partition coefficient (Wildman–Crippen LogP) is 1.17. The van der Waals surface area contributed by atoms with Crippen LogP contribution in [0.1, 0.15) is 20.3 Å². The summed E-state index contributed by atoms with van der Waals surface area (Å²) in [5.41, 5.74) is 0. The van der Waals surface area contributed by atoms with Gasteiger partial charge in [-0.1, -0.05) is 6.92 Å². The zero-order valence-corrected chi connectivity index (χ0v) is 8.92. The molecule has 0 aliphatic heterocycles. The lowest BCUT2D eigenvalue weighted by Crippen LogP contribution is -2.37. The maximum atomic E-state index is 10.7. The molecule has 1 N–H and O–H groups in total. The lowest BCUT2D eigenvalue weighted by atomic mass is 10.2. The summed E-state index contributed by atoms with van der Waals surface area (Å²) in [4.78, 5) is 12.4. The number of aromatic nitrogens is 2. The highest BCUT2D eigenvalue weighted by atomic mass is 16.4. The molecule has 0 bridgehead atoms. The minimum Gasteiger partial charge on any atom is -0.480 e. The Morgan fingerprint density at radius 3 is 2.87 bits per heavy atom. The molecule has 0 spiro atoms. The van der Waals surface area contributed by atoms with Gasteiger partial charge in [0, 0.05) is 12.2 Å². The predicted molar refractivity (Wildman–Crippen MR) is 56.8 cm³/mol. The lowest BCUT2D eigenvalue weighted by molar-refractivity contribution is -0.135. The van der Waals surface area contributed by atoms with Crippen molar-refractivity contribution in [2.75, 3.05) is 11.4 Å². The summed E-state index contributed by atoms with van der Waals surface area (Å²) in [7, 11) is 0. The van der Waals surface area contributed by atoms with Gasteiger partial charge in [0.1, 0.15) is 6.54 Å². The molecule has 0 aromatic carbocycles.